The average molecular weight is 315 g/mol. The second-order valence-corrected chi connectivity index (χ2v) is 7.32. The third-order valence-corrected chi connectivity index (χ3v) is 5.84. The number of carbonyl (C=O) groups is 1. The van der Waals surface area contributed by atoms with Gasteiger partial charge in [0.25, 0.3) is 0 Å². The number of carbonyl (C=O) groups excluding carboxylic acids is 1. The van der Waals surface area contributed by atoms with Crippen molar-refractivity contribution in [3.63, 3.8) is 0 Å². The number of fused-ring (bicyclic) bond motifs is 2. The summed E-state index contributed by atoms with van der Waals surface area (Å²) in [5.74, 6) is -0.228. The lowest BCUT2D eigenvalue weighted by Crippen LogP contribution is -2.03. The Balaban J connectivity index is 1.46. The first-order valence-electron chi connectivity index (χ1n) is 6.93. The molecule has 1 aliphatic carbocycles. The zero-order valence-corrected chi connectivity index (χ0v) is 12.9. The summed E-state index contributed by atoms with van der Waals surface area (Å²) in [5, 5.41) is 0.841. The van der Waals surface area contributed by atoms with Crippen LogP contribution in [0.1, 0.15) is 31.5 Å². The monoisotopic (exact) mass is 315 g/mol. The van der Waals surface area contributed by atoms with E-state index in [-0.39, 0.29) is 12.6 Å². The molecule has 2 heterocycles. The van der Waals surface area contributed by atoms with Crippen LogP contribution in [0.4, 0.5) is 0 Å². The van der Waals surface area contributed by atoms with E-state index in [1.807, 2.05) is 30.3 Å². The van der Waals surface area contributed by atoms with E-state index in [0.717, 1.165) is 32.9 Å². The van der Waals surface area contributed by atoms with Gasteiger partial charge in [0.05, 0.1) is 10.2 Å². The van der Waals surface area contributed by atoms with Crippen LogP contribution in [0.5, 0.6) is 0 Å². The molecule has 2 aromatic heterocycles. The molecule has 0 atom stereocenters. The smallest absolute Gasteiger partial charge is 0.348 e. The summed E-state index contributed by atoms with van der Waals surface area (Å²) in [6.45, 7) is 0.251. The van der Waals surface area contributed by atoms with Gasteiger partial charge in [-0.05, 0) is 43.0 Å². The molecule has 0 saturated heterocycles. The first kappa shape index (κ1) is 13.0. The Labute approximate surface area is 130 Å². The molecule has 21 heavy (non-hydrogen) atoms. The molecule has 0 aliphatic heterocycles. The van der Waals surface area contributed by atoms with E-state index in [0.29, 0.717) is 0 Å². The predicted molar refractivity (Wildman–Crippen MR) is 85.1 cm³/mol. The Morgan fingerprint density at radius 1 is 1.24 bits per heavy atom. The first-order chi connectivity index (χ1) is 10.3. The molecule has 0 unspecified atom stereocenters. The quantitative estimate of drug-likeness (QED) is 0.680. The van der Waals surface area contributed by atoms with Crippen molar-refractivity contribution in [3.05, 3.63) is 50.7 Å². The molecule has 0 radical (unpaired) electrons. The Morgan fingerprint density at radius 2 is 2.14 bits per heavy atom. The summed E-state index contributed by atoms with van der Waals surface area (Å²) in [5.41, 5.74) is 2.29. The zero-order chi connectivity index (χ0) is 14.2. The third kappa shape index (κ3) is 2.47. The van der Waals surface area contributed by atoms with Gasteiger partial charge in [-0.3, -0.25) is 0 Å². The van der Waals surface area contributed by atoms with Crippen LogP contribution in [0, 0.1) is 0 Å². The van der Waals surface area contributed by atoms with E-state index in [1.165, 1.54) is 16.9 Å². The second-order valence-electron chi connectivity index (χ2n) is 5.06. The highest BCUT2D eigenvalue weighted by Crippen LogP contribution is 2.31. The number of benzene rings is 1. The fraction of sp³-hybridized carbons (Fsp3) is 0.250. The molecule has 106 valence electrons. The van der Waals surface area contributed by atoms with Crippen molar-refractivity contribution in [3.8, 4) is 0 Å². The van der Waals surface area contributed by atoms with Crippen molar-refractivity contribution in [2.75, 3.05) is 0 Å². The van der Waals surface area contributed by atoms with Crippen molar-refractivity contribution in [1.82, 2.24) is 4.98 Å². The maximum atomic E-state index is 12.1. The Hall–Kier alpha value is -1.72. The molecule has 0 bridgehead atoms. The number of esters is 1. The van der Waals surface area contributed by atoms with Crippen molar-refractivity contribution in [1.29, 1.82) is 0 Å². The molecular formula is C16H13NO2S2. The number of rotatable bonds is 3. The normalized spacial score (nSPS) is 13.5. The van der Waals surface area contributed by atoms with Gasteiger partial charge in [0.1, 0.15) is 16.5 Å². The van der Waals surface area contributed by atoms with Crippen LogP contribution in [0.15, 0.2) is 30.3 Å². The lowest BCUT2D eigenvalue weighted by Gasteiger charge is -1.99. The highest BCUT2D eigenvalue weighted by Gasteiger charge is 2.19. The summed E-state index contributed by atoms with van der Waals surface area (Å²) in [7, 11) is 0. The average Bonchev–Trinajstić information content (AvgIpc) is 3.17. The van der Waals surface area contributed by atoms with E-state index in [4.69, 9.17) is 4.74 Å². The van der Waals surface area contributed by atoms with Gasteiger partial charge in [-0.1, -0.05) is 12.1 Å². The molecule has 1 aromatic carbocycles. The number of thiazole rings is 1. The van der Waals surface area contributed by atoms with Gasteiger partial charge in [-0.2, -0.15) is 0 Å². The summed E-state index contributed by atoms with van der Waals surface area (Å²) in [6, 6.07) is 9.95. The van der Waals surface area contributed by atoms with Crippen LogP contribution in [0.2, 0.25) is 0 Å². The second kappa shape index (κ2) is 5.24. The highest BCUT2D eigenvalue weighted by atomic mass is 32.1. The fourth-order valence-corrected chi connectivity index (χ4v) is 4.64. The maximum Gasteiger partial charge on any atom is 0.348 e. The number of aryl methyl sites for hydroxylation is 2. The number of hydrogen-bond acceptors (Lipinski definition) is 5. The lowest BCUT2D eigenvalue weighted by molar-refractivity contribution is 0.0478. The molecule has 0 fully saturated rings. The molecule has 3 aromatic rings. The van der Waals surface area contributed by atoms with Crippen LogP contribution < -0.4 is 0 Å². The minimum Gasteiger partial charge on any atom is -0.454 e. The zero-order valence-electron chi connectivity index (χ0n) is 11.3. The molecule has 1 aliphatic rings. The van der Waals surface area contributed by atoms with Gasteiger partial charge in [0.15, 0.2) is 0 Å². The van der Waals surface area contributed by atoms with E-state index in [9.17, 15) is 4.79 Å². The SMILES string of the molecule is O=C(OCc1nc2ccccc2s1)c1cc2c(s1)CCC2. The Bertz CT molecular complexity index is 764. The van der Waals surface area contributed by atoms with Crippen LogP contribution >= 0.6 is 22.7 Å². The molecule has 0 spiro atoms. The maximum absolute atomic E-state index is 12.1. The molecule has 5 heteroatoms. The number of thiophene rings is 1. The Kier molecular flexibility index (Phi) is 3.24. The van der Waals surface area contributed by atoms with Crippen LogP contribution in [0.3, 0.4) is 0 Å². The Morgan fingerprint density at radius 3 is 3.00 bits per heavy atom. The highest BCUT2D eigenvalue weighted by molar-refractivity contribution is 7.18. The van der Waals surface area contributed by atoms with Gasteiger partial charge >= 0.3 is 5.97 Å². The van der Waals surface area contributed by atoms with Gasteiger partial charge in [-0.15, -0.1) is 22.7 Å². The number of ether oxygens (including phenoxy) is 1. The summed E-state index contributed by atoms with van der Waals surface area (Å²) >= 11 is 3.15. The minimum absolute atomic E-state index is 0.228. The molecule has 0 amide bonds. The molecular weight excluding hydrogens is 302 g/mol. The van der Waals surface area contributed by atoms with Crippen molar-refractivity contribution < 1.29 is 9.53 Å². The summed E-state index contributed by atoms with van der Waals surface area (Å²) in [4.78, 5) is 18.6. The van der Waals surface area contributed by atoms with Gasteiger partial charge < -0.3 is 4.74 Å². The van der Waals surface area contributed by atoms with Gasteiger partial charge in [-0.25, -0.2) is 9.78 Å². The summed E-state index contributed by atoms with van der Waals surface area (Å²) < 4.78 is 6.52. The van der Waals surface area contributed by atoms with Crippen molar-refractivity contribution in [2.24, 2.45) is 0 Å². The fourth-order valence-electron chi connectivity index (χ4n) is 2.61. The number of hydrogen-bond donors (Lipinski definition) is 0. The third-order valence-electron chi connectivity index (χ3n) is 3.61. The largest absolute Gasteiger partial charge is 0.454 e. The molecule has 4 rings (SSSR count). The number of aromatic nitrogens is 1. The van der Waals surface area contributed by atoms with Crippen LogP contribution in [-0.4, -0.2) is 11.0 Å². The number of nitrogens with zero attached hydrogens (tertiary/aromatic N) is 1. The minimum atomic E-state index is -0.228. The van der Waals surface area contributed by atoms with E-state index < -0.39 is 0 Å². The van der Waals surface area contributed by atoms with E-state index >= 15 is 0 Å². The molecule has 3 nitrogen and oxygen atoms in total. The van der Waals surface area contributed by atoms with Gasteiger partial charge in [0, 0.05) is 4.88 Å². The van der Waals surface area contributed by atoms with Crippen LogP contribution in [0.25, 0.3) is 10.2 Å². The van der Waals surface area contributed by atoms with Gasteiger partial charge in [0.2, 0.25) is 0 Å². The topological polar surface area (TPSA) is 39.2 Å². The summed E-state index contributed by atoms with van der Waals surface area (Å²) in [6.07, 6.45) is 3.41. The lowest BCUT2D eigenvalue weighted by atomic mass is 10.2. The van der Waals surface area contributed by atoms with Crippen molar-refractivity contribution in [2.45, 2.75) is 25.9 Å². The number of para-hydroxylation sites is 1. The molecule has 0 saturated carbocycles. The van der Waals surface area contributed by atoms with E-state index in [1.54, 1.807) is 22.7 Å². The predicted octanol–water partition coefficient (Wildman–Crippen LogP) is 4.20. The standard InChI is InChI=1S/C16H13NO2S2/c18-16(14-8-10-4-3-7-12(10)20-14)19-9-15-17-11-5-1-2-6-13(11)21-15/h1-2,5-6,8H,3-4,7,9H2. The molecule has 0 N–H and O–H groups in total. The van der Waals surface area contributed by atoms with E-state index in [2.05, 4.69) is 4.98 Å². The first-order valence-corrected chi connectivity index (χ1v) is 8.56. The van der Waals surface area contributed by atoms with Crippen LogP contribution in [-0.2, 0) is 24.2 Å². The van der Waals surface area contributed by atoms with Crippen molar-refractivity contribution >= 4 is 38.9 Å².